The van der Waals surface area contributed by atoms with E-state index in [9.17, 15) is 13.4 Å². The number of halogens is 1. The van der Waals surface area contributed by atoms with Crippen LogP contribution < -0.4 is 19.9 Å². The van der Waals surface area contributed by atoms with E-state index in [1.807, 2.05) is 6.92 Å². The molecule has 0 bridgehead atoms. The average molecular weight is 460 g/mol. The molecule has 3 aromatic rings. The molecule has 0 unspecified atom stereocenters. The van der Waals surface area contributed by atoms with Gasteiger partial charge in [-0.3, -0.25) is 0 Å². The SMILES string of the molecule is COc1cc(-c2ccc(F)c(C)c2NC(=O)N=[S@@](N)(=O)c2cnn3c2O[C@@H](C)C3)ccn1. The first kappa shape index (κ1) is 21.7. The highest BCUT2D eigenvalue weighted by atomic mass is 32.2. The van der Waals surface area contributed by atoms with Gasteiger partial charge in [0.05, 0.1) is 25.5 Å². The summed E-state index contributed by atoms with van der Waals surface area (Å²) < 4.78 is 43.2. The molecule has 0 fully saturated rings. The molecular formula is C20H21FN6O4S. The molecule has 0 saturated heterocycles. The fraction of sp³-hybridized carbons (Fsp3) is 0.250. The van der Waals surface area contributed by atoms with E-state index in [2.05, 4.69) is 19.8 Å². The summed E-state index contributed by atoms with van der Waals surface area (Å²) in [4.78, 5) is 16.8. The number of fused-ring (bicyclic) bond motifs is 1. The maximum atomic E-state index is 14.3. The summed E-state index contributed by atoms with van der Waals surface area (Å²) in [6, 6.07) is 5.11. The van der Waals surface area contributed by atoms with Gasteiger partial charge in [0.2, 0.25) is 11.8 Å². The minimum atomic E-state index is -3.67. The van der Waals surface area contributed by atoms with E-state index in [4.69, 9.17) is 14.6 Å². The highest BCUT2D eigenvalue weighted by Crippen LogP contribution is 2.34. The summed E-state index contributed by atoms with van der Waals surface area (Å²) in [7, 11) is -2.19. The number of aromatic nitrogens is 3. The van der Waals surface area contributed by atoms with E-state index < -0.39 is 21.8 Å². The zero-order valence-corrected chi connectivity index (χ0v) is 18.4. The highest BCUT2D eigenvalue weighted by Gasteiger charge is 2.28. The zero-order valence-electron chi connectivity index (χ0n) is 17.5. The molecule has 0 spiro atoms. The van der Waals surface area contributed by atoms with Crippen molar-refractivity contribution in [1.29, 1.82) is 0 Å². The predicted octanol–water partition coefficient (Wildman–Crippen LogP) is 3.11. The van der Waals surface area contributed by atoms with E-state index in [1.165, 1.54) is 43.2 Å². The number of nitrogens with zero attached hydrogens (tertiary/aromatic N) is 4. The number of methoxy groups -OCH3 is 1. The number of ether oxygens (including phenoxy) is 2. The van der Waals surface area contributed by atoms with Gasteiger partial charge in [0, 0.05) is 23.4 Å². The quantitative estimate of drug-likeness (QED) is 0.614. The molecule has 2 atom stereocenters. The Labute approximate surface area is 183 Å². The predicted molar refractivity (Wildman–Crippen MR) is 115 cm³/mol. The van der Waals surface area contributed by atoms with Crippen LogP contribution in [0.5, 0.6) is 11.8 Å². The Kier molecular flexibility index (Phi) is 5.57. The lowest BCUT2D eigenvalue weighted by molar-refractivity contribution is 0.248. The number of pyridine rings is 1. The van der Waals surface area contributed by atoms with Crippen molar-refractivity contribution in [3.8, 4) is 22.9 Å². The average Bonchev–Trinajstić information content (AvgIpc) is 3.30. The summed E-state index contributed by atoms with van der Waals surface area (Å²) in [6.07, 6.45) is 2.62. The number of amides is 2. The third-order valence-electron chi connectivity index (χ3n) is 4.92. The molecule has 1 aliphatic heterocycles. The fourth-order valence-electron chi connectivity index (χ4n) is 3.36. The second-order valence-electron chi connectivity index (χ2n) is 7.20. The molecule has 0 aliphatic carbocycles. The highest BCUT2D eigenvalue weighted by molar-refractivity contribution is 7.91. The third kappa shape index (κ3) is 4.01. The number of nitrogens with two attached hydrogens (primary N) is 1. The molecule has 1 aliphatic rings. The van der Waals surface area contributed by atoms with Crippen LogP contribution in [0.25, 0.3) is 11.1 Å². The smallest absolute Gasteiger partial charge is 0.354 e. The number of carbonyl (C=O) groups is 1. The molecule has 168 valence electrons. The zero-order chi connectivity index (χ0) is 23.0. The number of carbonyl (C=O) groups excluding carboxylic acids is 1. The number of hydrogen-bond donors (Lipinski definition) is 2. The van der Waals surface area contributed by atoms with Crippen molar-refractivity contribution in [3.63, 3.8) is 0 Å². The second-order valence-corrected chi connectivity index (χ2v) is 8.96. The number of anilines is 1. The van der Waals surface area contributed by atoms with Crippen molar-refractivity contribution in [1.82, 2.24) is 14.8 Å². The molecule has 10 nitrogen and oxygen atoms in total. The number of rotatable bonds is 4. The lowest BCUT2D eigenvalue weighted by Crippen LogP contribution is -2.19. The van der Waals surface area contributed by atoms with E-state index >= 15 is 0 Å². The monoisotopic (exact) mass is 460 g/mol. The molecular weight excluding hydrogens is 439 g/mol. The normalized spacial score (nSPS) is 16.6. The van der Waals surface area contributed by atoms with Crippen LogP contribution in [-0.2, 0) is 16.5 Å². The molecule has 0 radical (unpaired) electrons. The van der Waals surface area contributed by atoms with Crippen molar-refractivity contribution in [3.05, 3.63) is 48.0 Å². The first-order valence-corrected chi connectivity index (χ1v) is 11.2. The summed E-state index contributed by atoms with van der Waals surface area (Å²) in [6.45, 7) is 3.80. The van der Waals surface area contributed by atoms with Crippen LogP contribution in [0.15, 0.2) is 45.9 Å². The summed E-state index contributed by atoms with van der Waals surface area (Å²) in [5, 5.41) is 12.5. The Morgan fingerprint density at radius 3 is 2.97 bits per heavy atom. The molecule has 4 rings (SSSR count). The van der Waals surface area contributed by atoms with Crippen molar-refractivity contribution in [2.75, 3.05) is 12.4 Å². The van der Waals surface area contributed by atoms with Gasteiger partial charge in [0.15, 0.2) is 9.92 Å². The standard InChI is InChI=1S/C20H21FN6O4S/c1-11-10-27-19(31-11)16(9-24-27)32(22,29)26-20(28)25-18-12(2)15(21)5-4-14(18)13-6-7-23-17(8-13)30-3/h4-9,11H,10H2,1-3H3,(H3,22,25,26,28,29)/t11-,32+/m0/s1. The lowest BCUT2D eigenvalue weighted by Gasteiger charge is -2.14. The van der Waals surface area contributed by atoms with Crippen LogP contribution in [-0.4, -0.2) is 38.2 Å². The Morgan fingerprint density at radius 2 is 2.22 bits per heavy atom. The van der Waals surface area contributed by atoms with Gasteiger partial charge >= 0.3 is 6.03 Å². The lowest BCUT2D eigenvalue weighted by atomic mass is 10.0. The first-order valence-electron chi connectivity index (χ1n) is 9.57. The van der Waals surface area contributed by atoms with Crippen molar-refractivity contribution in [2.24, 2.45) is 9.50 Å². The van der Waals surface area contributed by atoms with Crippen molar-refractivity contribution in [2.45, 2.75) is 31.4 Å². The number of urea groups is 1. The van der Waals surface area contributed by atoms with Gasteiger partial charge in [-0.1, -0.05) is 0 Å². The number of nitrogens with one attached hydrogen (secondary N) is 1. The molecule has 12 heteroatoms. The van der Waals surface area contributed by atoms with E-state index in [1.54, 1.807) is 12.1 Å². The van der Waals surface area contributed by atoms with Gasteiger partial charge in [-0.2, -0.15) is 5.10 Å². The van der Waals surface area contributed by atoms with Crippen molar-refractivity contribution < 1.29 is 22.9 Å². The summed E-state index contributed by atoms with van der Waals surface area (Å²) >= 11 is 0. The second kappa shape index (κ2) is 8.20. The maximum absolute atomic E-state index is 14.3. The molecule has 32 heavy (non-hydrogen) atoms. The fourth-order valence-corrected chi connectivity index (χ4v) is 4.35. The largest absolute Gasteiger partial charge is 0.481 e. The minimum Gasteiger partial charge on any atom is -0.481 e. The van der Waals surface area contributed by atoms with Gasteiger partial charge < -0.3 is 14.8 Å². The van der Waals surface area contributed by atoms with Crippen LogP contribution in [0.1, 0.15) is 12.5 Å². The van der Waals surface area contributed by atoms with Crippen LogP contribution in [0.4, 0.5) is 14.9 Å². The Balaban J connectivity index is 1.71. The van der Waals surface area contributed by atoms with Crippen molar-refractivity contribution >= 4 is 21.6 Å². The number of benzene rings is 1. The van der Waals surface area contributed by atoms with Crippen LogP contribution in [0.2, 0.25) is 0 Å². The summed E-state index contributed by atoms with van der Waals surface area (Å²) in [5.41, 5.74) is 1.46. The summed E-state index contributed by atoms with van der Waals surface area (Å²) in [5.74, 6) is 0.0316. The van der Waals surface area contributed by atoms with Gasteiger partial charge in [-0.15, -0.1) is 4.36 Å². The van der Waals surface area contributed by atoms with E-state index in [-0.39, 0.29) is 28.1 Å². The Hall–Kier alpha value is -3.51. The topological polar surface area (TPSA) is 134 Å². The molecule has 3 N–H and O–H groups in total. The third-order valence-corrected chi connectivity index (χ3v) is 6.27. The van der Waals surface area contributed by atoms with Crippen LogP contribution in [0.3, 0.4) is 0 Å². The van der Waals surface area contributed by atoms with Gasteiger partial charge in [-0.25, -0.2) is 28.2 Å². The van der Waals surface area contributed by atoms with Gasteiger partial charge in [0.1, 0.15) is 16.8 Å². The minimum absolute atomic E-state index is 0.0204. The maximum Gasteiger partial charge on any atom is 0.354 e. The molecule has 1 aromatic carbocycles. The number of hydrogen-bond acceptors (Lipinski definition) is 6. The molecule has 2 amide bonds. The van der Waals surface area contributed by atoms with Gasteiger partial charge in [0.25, 0.3) is 0 Å². The van der Waals surface area contributed by atoms with E-state index in [0.717, 1.165) is 0 Å². The van der Waals surface area contributed by atoms with E-state index in [0.29, 0.717) is 23.6 Å². The van der Waals surface area contributed by atoms with Crippen LogP contribution in [0, 0.1) is 12.7 Å². The van der Waals surface area contributed by atoms with Crippen LogP contribution >= 0.6 is 0 Å². The van der Waals surface area contributed by atoms with Gasteiger partial charge in [-0.05, 0) is 37.6 Å². The Bertz CT molecular complexity index is 1330. The molecule has 3 heterocycles. The first-order chi connectivity index (χ1) is 15.2. The molecule has 0 saturated carbocycles. The Morgan fingerprint density at radius 1 is 1.44 bits per heavy atom. The molecule has 2 aromatic heterocycles.